The van der Waals surface area contributed by atoms with E-state index in [1.54, 1.807) is 6.07 Å². The van der Waals surface area contributed by atoms with E-state index < -0.39 is 0 Å². The zero-order valence-electron chi connectivity index (χ0n) is 8.46. The van der Waals surface area contributed by atoms with E-state index in [-0.39, 0.29) is 11.9 Å². The van der Waals surface area contributed by atoms with Gasteiger partial charge in [0.05, 0.1) is 0 Å². The Kier molecular flexibility index (Phi) is 3.84. The zero-order chi connectivity index (χ0) is 10.6. The Morgan fingerprint density at radius 2 is 2.29 bits per heavy atom. The first-order valence-corrected chi connectivity index (χ1v) is 4.75. The Labute approximate surface area is 84.4 Å². The molecule has 2 heteroatoms. The van der Waals surface area contributed by atoms with Gasteiger partial charge in [-0.15, -0.1) is 6.58 Å². The van der Waals surface area contributed by atoms with Crippen LogP contribution in [0.25, 0.3) is 0 Å². The molecular formula is C12H16FN. The van der Waals surface area contributed by atoms with E-state index in [9.17, 15) is 4.39 Å². The summed E-state index contributed by atoms with van der Waals surface area (Å²) in [4.78, 5) is 0. The number of aryl methyl sites for hydroxylation is 1. The standard InChI is InChI=1S/C12H16FN/c1-3-4-12(14)8-10-5-6-11(13)7-9(10)2/h3,5-7,12H,1,4,8,14H2,2H3. The first-order chi connectivity index (χ1) is 6.63. The van der Waals surface area contributed by atoms with Gasteiger partial charge in [-0.2, -0.15) is 0 Å². The van der Waals surface area contributed by atoms with Gasteiger partial charge in [0.15, 0.2) is 0 Å². The topological polar surface area (TPSA) is 26.0 Å². The molecule has 1 unspecified atom stereocenters. The highest BCUT2D eigenvalue weighted by atomic mass is 19.1. The molecule has 2 N–H and O–H groups in total. The van der Waals surface area contributed by atoms with Gasteiger partial charge in [-0.3, -0.25) is 0 Å². The first-order valence-electron chi connectivity index (χ1n) is 4.75. The molecule has 1 aromatic rings. The summed E-state index contributed by atoms with van der Waals surface area (Å²) < 4.78 is 12.8. The van der Waals surface area contributed by atoms with Crippen molar-refractivity contribution in [1.82, 2.24) is 0 Å². The lowest BCUT2D eigenvalue weighted by molar-refractivity contribution is 0.622. The second-order valence-electron chi connectivity index (χ2n) is 3.56. The normalized spacial score (nSPS) is 12.5. The summed E-state index contributed by atoms with van der Waals surface area (Å²) >= 11 is 0. The van der Waals surface area contributed by atoms with Crippen LogP contribution in [-0.4, -0.2) is 6.04 Å². The molecule has 0 saturated carbocycles. The first kappa shape index (κ1) is 10.9. The van der Waals surface area contributed by atoms with E-state index in [4.69, 9.17) is 5.73 Å². The molecular weight excluding hydrogens is 177 g/mol. The summed E-state index contributed by atoms with van der Waals surface area (Å²) in [5, 5.41) is 0. The Balaban J connectivity index is 2.71. The van der Waals surface area contributed by atoms with Crippen LogP contribution in [0, 0.1) is 12.7 Å². The second-order valence-corrected chi connectivity index (χ2v) is 3.56. The van der Waals surface area contributed by atoms with Crippen molar-refractivity contribution in [3.63, 3.8) is 0 Å². The van der Waals surface area contributed by atoms with Crippen LogP contribution >= 0.6 is 0 Å². The van der Waals surface area contributed by atoms with E-state index in [1.165, 1.54) is 12.1 Å². The van der Waals surface area contributed by atoms with Crippen molar-refractivity contribution >= 4 is 0 Å². The van der Waals surface area contributed by atoms with Crippen LogP contribution in [0.2, 0.25) is 0 Å². The van der Waals surface area contributed by atoms with Crippen LogP contribution in [0.3, 0.4) is 0 Å². The number of nitrogens with two attached hydrogens (primary N) is 1. The summed E-state index contributed by atoms with van der Waals surface area (Å²) in [6, 6.07) is 4.89. The smallest absolute Gasteiger partial charge is 0.123 e. The predicted octanol–water partition coefficient (Wildman–Crippen LogP) is 2.58. The number of benzene rings is 1. The van der Waals surface area contributed by atoms with Crippen LogP contribution in [-0.2, 0) is 6.42 Å². The molecule has 0 spiro atoms. The Hall–Kier alpha value is -1.15. The Bertz CT molecular complexity index is 320. The maximum absolute atomic E-state index is 12.8. The molecule has 14 heavy (non-hydrogen) atoms. The zero-order valence-corrected chi connectivity index (χ0v) is 8.46. The van der Waals surface area contributed by atoms with Crippen molar-refractivity contribution in [2.24, 2.45) is 5.73 Å². The van der Waals surface area contributed by atoms with Crippen molar-refractivity contribution in [2.75, 3.05) is 0 Å². The van der Waals surface area contributed by atoms with E-state index in [0.29, 0.717) is 0 Å². The minimum Gasteiger partial charge on any atom is -0.327 e. The number of hydrogen-bond acceptors (Lipinski definition) is 1. The van der Waals surface area contributed by atoms with Gasteiger partial charge >= 0.3 is 0 Å². The lowest BCUT2D eigenvalue weighted by atomic mass is 10.00. The molecule has 1 atom stereocenters. The predicted molar refractivity (Wildman–Crippen MR) is 57.6 cm³/mol. The van der Waals surface area contributed by atoms with Gasteiger partial charge in [-0.25, -0.2) is 4.39 Å². The Morgan fingerprint density at radius 3 is 2.86 bits per heavy atom. The highest BCUT2D eigenvalue weighted by molar-refractivity contribution is 5.27. The summed E-state index contributed by atoms with van der Waals surface area (Å²) in [5.41, 5.74) is 7.93. The molecule has 1 aromatic carbocycles. The molecule has 0 aromatic heterocycles. The molecule has 0 fully saturated rings. The second kappa shape index (κ2) is 4.91. The number of rotatable bonds is 4. The highest BCUT2D eigenvalue weighted by Gasteiger charge is 2.05. The lowest BCUT2D eigenvalue weighted by Gasteiger charge is -2.11. The van der Waals surface area contributed by atoms with E-state index >= 15 is 0 Å². The van der Waals surface area contributed by atoms with Gasteiger partial charge < -0.3 is 5.73 Å². The summed E-state index contributed by atoms with van der Waals surface area (Å²) in [7, 11) is 0. The SMILES string of the molecule is C=CCC(N)Cc1ccc(F)cc1C. The number of halogens is 1. The van der Waals surface area contributed by atoms with Gasteiger partial charge in [0, 0.05) is 6.04 Å². The van der Waals surface area contributed by atoms with Gasteiger partial charge in [0.2, 0.25) is 0 Å². The summed E-state index contributed by atoms with van der Waals surface area (Å²) in [6.07, 6.45) is 3.37. The van der Waals surface area contributed by atoms with Crippen molar-refractivity contribution in [3.8, 4) is 0 Å². The van der Waals surface area contributed by atoms with Crippen LogP contribution in [0.5, 0.6) is 0 Å². The average molecular weight is 193 g/mol. The van der Waals surface area contributed by atoms with Crippen LogP contribution in [0.1, 0.15) is 17.5 Å². The quantitative estimate of drug-likeness (QED) is 0.731. The fourth-order valence-corrected chi connectivity index (χ4v) is 1.47. The van der Waals surface area contributed by atoms with Gasteiger partial charge in [-0.05, 0) is 43.0 Å². The fraction of sp³-hybridized carbons (Fsp3) is 0.333. The van der Waals surface area contributed by atoms with Crippen LogP contribution in [0.15, 0.2) is 30.9 Å². The molecule has 0 aliphatic carbocycles. The summed E-state index contributed by atoms with van der Waals surface area (Å²) in [6.45, 7) is 5.54. The third-order valence-corrected chi connectivity index (χ3v) is 2.26. The largest absolute Gasteiger partial charge is 0.327 e. The fourth-order valence-electron chi connectivity index (χ4n) is 1.47. The molecule has 0 bridgehead atoms. The molecule has 0 heterocycles. The molecule has 1 rings (SSSR count). The molecule has 0 aliphatic rings. The summed E-state index contributed by atoms with van der Waals surface area (Å²) in [5.74, 6) is -0.191. The van der Waals surface area contributed by atoms with E-state index in [0.717, 1.165) is 24.0 Å². The van der Waals surface area contributed by atoms with Gasteiger partial charge in [0.1, 0.15) is 5.82 Å². The minimum absolute atomic E-state index is 0.0802. The maximum Gasteiger partial charge on any atom is 0.123 e. The van der Waals surface area contributed by atoms with Crippen LogP contribution < -0.4 is 5.73 Å². The van der Waals surface area contributed by atoms with Crippen molar-refractivity contribution < 1.29 is 4.39 Å². The van der Waals surface area contributed by atoms with E-state index in [2.05, 4.69) is 6.58 Å². The van der Waals surface area contributed by atoms with Gasteiger partial charge in [-0.1, -0.05) is 12.1 Å². The highest BCUT2D eigenvalue weighted by Crippen LogP contribution is 2.12. The molecule has 0 saturated heterocycles. The monoisotopic (exact) mass is 193 g/mol. The molecule has 0 radical (unpaired) electrons. The molecule has 76 valence electrons. The van der Waals surface area contributed by atoms with E-state index in [1.807, 2.05) is 13.0 Å². The maximum atomic E-state index is 12.8. The van der Waals surface area contributed by atoms with Crippen molar-refractivity contribution in [3.05, 3.63) is 47.8 Å². The minimum atomic E-state index is -0.191. The third-order valence-electron chi connectivity index (χ3n) is 2.26. The third kappa shape index (κ3) is 2.96. The van der Waals surface area contributed by atoms with Crippen LogP contribution in [0.4, 0.5) is 4.39 Å². The molecule has 0 aliphatic heterocycles. The van der Waals surface area contributed by atoms with Gasteiger partial charge in [0.25, 0.3) is 0 Å². The lowest BCUT2D eigenvalue weighted by Crippen LogP contribution is -2.22. The van der Waals surface area contributed by atoms with Crippen molar-refractivity contribution in [1.29, 1.82) is 0 Å². The molecule has 1 nitrogen and oxygen atoms in total. The number of hydrogen-bond donors (Lipinski definition) is 1. The molecule has 0 amide bonds. The Morgan fingerprint density at radius 1 is 1.57 bits per heavy atom. The van der Waals surface area contributed by atoms with Crippen molar-refractivity contribution in [2.45, 2.75) is 25.8 Å². The average Bonchev–Trinajstić information content (AvgIpc) is 2.10.